The highest BCUT2D eigenvalue weighted by Crippen LogP contribution is 2.34. The summed E-state index contributed by atoms with van der Waals surface area (Å²) < 4.78 is 0. The Hall–Kier alpha value is -1.10. The average molecular weight is 266 g/mol. The zero-order chi connectivity index (χ0) is 13.4. The van der Waals surface area contributed by atoms with E-state index >= 15 is 0 Å². The van der Waals surface area contributed by atoms with Gasteiger partial charge in [0.1, 0.15) is 6.04 Å². The molecule has 0 bridgehead atoms. The third-order valence-corrected chi connectivity index (χ3v) is 4.62. The van der Waals surface area contributed by atoms with Crippen molar-refractivity contribution in [1.82, 2.24) is 9.80 Å². The largest absolute Gasteiger partial charge is 0.394 e. The normalized spacial score (nSPS) is 31.0. The highest BCUT2D eigenvalue weighted by Gasteiger charge is 2.43. The van der Waals surface area contributed by atoms with Crippen molar-refractivity contribution in [1.29, 1.82) is 0 Å². The van der Waals surface area contributed by atoms with Crippen LogP contribution in [0, 0.1) is 5.92 Å². The lowest BCUT2D eigenvalue weighted by molar-refractivity contribution is -0.145. The lowest BCUT2D eigenvalue weighted by Crippen LogP contribution is -2.50. The highest BCUT2D eigenvalue weighted by atomic mass is 16.3. The maximum Gasteiger partial charge on any atom is 0.245 e. The van der Waals surface area contributed by atoms with Gasteiger partial charge in [0.05, 0.1) is 12.6 Å². The summed E-state index contributed by atoms with van der Waals surface area (Å²) in [6.45, 7) is 1.49. The van der Waals surface area contributed by atoms with E-state index in [4.69, 9.17) is 0 Å². The molecule has 0 radical (unpaired) electrons. The third-order valence-electron chi connectivity index (χ3n) is 4.62. The molecule has 1 aliphatic carbocycles. The minimum atomic E-state index is -0.264. The number of rotatable bonds is 3. The molecule has 0 spiro atoms. The zero-order valence-corrected chi connectivity index (χ0v) is 11.3. The smallest absolute Gasteiger partial charge is 0.245 e. The molecule has 1 unspecified atom stereocenters. The van der Waals surface area contributed by atoms with E-state index in [0.717, 1.165) is 51.6 Å². The van der Waals surface area contributed by atoms with Crippen LogP contribution in [0.2, 0.25) is 0 Å². The Morgan fingerprint density at radius 3 is 2.32 bits per heavy atom. The monoisotopic (exact) mass is 266 g/mol. The molecular formula is C14H22N2O3. The predicted molar refractivity (Wildman–Crippen MR) is 69.3 cm³/mol. The van der Waals surface area contributed by atoms with Crippen LogP contribution in [0.5, 0.6) is 0 Å². The molecule has 2 amide bonds. The molecule has 5 nitrogen and oxygen atoms in total. The van der Waals surface area contributed by atoms with Gasteiger partial charge in [-0.25, -0.2) is 0 Å². The second kappa shape index (κ2) is 5.12. The van der Waals surface area contributed by atoms with Gasteiger partial charge in [-0.15, -0.1) is 0 Å². The SMILES string of the molecule is O=C(C1CC1)N1CCCC1C(=O)N1CCC[C@H]1CO. The molecule has 1 N–H and O–H groups in total. The van der Waals surface area contributed by atoms with E-state index in [1.54, 1.807) is 9.80 Å². The molecule has 2 atom stereocenters. The maximum absolute atomic E-state index is 12.6. The van der Waals surface area contributed by atoms with Gasteiger partial charge in [0, 0.05) is 19.0 Å². The minimum Gasteiger partial charge on any atom is -0.394 e. The first kappa shape index (κ1) is 12.9. The maximum atomic E-state index is 12.6. The molecular weight excluding hydrogens is 244 g/mol. The van der Waals surface area contributed by atoms with E-state index in [2.05, 4.69) is 0 Å². The Labute approximate surface area is 113 Å². The Kier molecular flexibility index (Phi) is 3.48. The molecule has 0 aromatic carbocycles. The van der Waals surface area contributed by atoms with Gasteiger partial charge < -0.3 is 14.9 Å². The molecule has 3 rings (SSSR count). The number of likely N-dealkylation sites (tertiary alicyclic amines) is 2. The van der Waals surface area contributed by atoms with Gasteiger partial charge >= 0.3 is 0 Å². The van der Waals surface area contributed by atoms with Crippen molar-refractivity contribution < 1.29 is 14.7 Å². The van der Waals surface area contributed by atoms with Crippen LogP contribution < -0.4 is 0 Å². The second-order valence-electron chi connectivity index (χ2n) is 5.97. The van der Waals surface area contributed by atoms with Gasteiger partial charge in [-0.3, -0.25) is 9.59 Å². The fourth-order valence-electron chi connectivity index (χ4n) is 3.36. The molecule has 106 valence electrons. The summed E-state index contributed by atoms with van der Waals surface area (Å²) in [7, 11) is 0. The van der Waals surface area contributed by atoms with Crippen molar-refractivity contribution >= 4 is 11.8 Å². The van der Waals surface area contributed by atoms with Crippen LogP contribution in [0.15, 0.2) is 0 Å². The number of carbonyl (C=O) groups is 2. The van der Waals surface area contributed by atoms with E-state index in [-0.39, 0.29) is 36.4 Å². The summed E-state index contributed by atoms with van der Waals surface area (Å²) in [5.74, 6) is 0.416. The summed E-state index contributed by atoms with van der Waals surface area (Å²) in [4.78, 5) is 28.4. The van der Waals surface area contributed by atoms with E-state index in [1.165, 1.54) is 0 Å². The molecule has 0 aromatic heterocycles. The van der Waals surface area contributed by atoms with Crippen molar-refractivity contribution in [3.63, 3.8) is 0 Å². The topological polar surface area (TPSA) is 60.9 Å². The predicted octanol–water partition coefficient (Wildman–Crippen LogP) is 0.371. The van der Waals surface area contributed by atoms with E-state index in [0.29, 0.717) is 0 Å². The Morgan fingerprint density at radius 1 is 0.947 bits per heavy atom. The van der Waals surface area contributed by atoms with Gasteiger partial charge in [-0.05, 0) is 38.5 Å². The lowest BCUT2D eigenvalue weighted by atomic mass is 10.1. The first-order valence-electron chi connectivity index (χ1n) is 7.44. The van der Waals surface area contributed by atoms with Gasteiger partial charge in [-0.2, -0.15) is 0 Å². The van der Waals surface area contributed by atoms with Crippen molar-refractivity contribution in [3.05, 3.63) is 0 Å². The number of aliphatic hydroxyl groups excluding tert-OH is 1. The summed E-state index contributed by atoms with van der Waals surface area (Å²) in [5.41, 5.74) is 0. The van der Waals surface area contributed by atoms with Crippen LogP contribution in [-0.2, 0) is 9.59 Å². The quantitative estimate of drug-likeness (QED) is 0.803. The van der Waals surface area contributed by atoms with Crippen LogP contribution in [0.1, 0.15) is 38.5 Å². The number of carbonyl (C=O) groups excluding carboxylic acids is 2. The third kappa shape index (κ3) is 2.36. The van der Waals surface area contributed by atoms with E-state index in [9.17, 15) is 14.7 Å². The fraction of sp³-hybridized carbons (Fsp3) is 0.857. The van der Waals surface area contributed by atoms with E-state index in [1.807, 2.05) is 0 Å². The molecule has 2 aliphatic heterocycles. The van der Waals surface area contributed by atoms with Gasteiger partial charge in [0.25, 0.3) is 0 Å². The number of amides is 2. The Bertz CT molecular complexity index is 381. The van der Waals surface area contributed by atoms with Gasteiger partial charge in [0.2, 0.25) is 11.8 Å². The standard InChI is InChI=1S/C14H22N2O3/c17-9-11-3-1-7-15(11)14(19)12-4-2-8-16(12)13(18)10-5-6-10/h10-12,17H,1-9H2/t11-,12?/m0/s1. The number of hydrogen-bond acceptors (Lipinski definition) is 3. The molecule has 5 heteroatoms. The molecule has 2 heterocycles. The van der Waals surface area contributed by atoms with Crippen LogP contribution >= 0.6 is 0 Å². The van der Waals surface area contributed by atoms with Gasteiger partial charge in [-0.1, -0.05) is 0 Å². The number of hydrogen-bond donors (Lipinski definition) is 1. The van der Waals surface area contributed by atoms with Gasteiger partial charge in [0.15, 0.2) is 0 Å². The molecule has 3 aliphatic rings. The fourth-order valence-corrected chi connectivity index (χ4v) is 3.36. The van der Waals surface area contributed by atoms with Crippen molar-refractivity contribution in [2.45, 2.75) is 50.6 Å². The highest BCUT2D eigenvalue weighted by molar-refractivity contribution is 5.90. The molecule has 1 saturated carbocycles. The van der Waals surface area contributed by atoms with Crippen LogP contribution in [-0.4, -0.2) is 58.5 Å². The van der Waals surface area contributed by atoms with Crippen molar-refractivity contribution in [2.75, 3.05) is 19.7 Å². The summed E-state index contributed by atoms with van der Waals surface area (Å²) in [5, 5.41) is 9.33. The summed E-state index contributed by atoms with van der Waals surface area (Å²) >= 11 is 0. The molecule has 3 fully saturated rings. The zero-order valence-electron chi connectivity index (χ0n) is 11.3. The second-order valence-corrected chi connectivity index (χ2v) is 5.97. The Balaban J connectivity index is 1.69. The van der Waals surface area contributed by atoms with Crippen LogP contribution in [0.25, 0.3) is 0 Å². The first-order chi connectivity index (χ1) is 9.22. The number of nitrogens with zero attached hydrogens (tertiary/aromatic N) is 2. The lowest BCUT2D eigenvalue weighted by Gasteiger charge is -2.30. The van der Waals surface area contributed by atoms with Crippen LogP contribution in [0.4, 0.5) is 0 Å². The molecule has 0 aromatic rings. The van der Waals surface area contributed by atoms with Crippen LogP contribution in [0.3, 0.4) is 0 Å². The van der Waals surface area contributed by atoms with Crippen molar-refractivity contribution in [3.8, 4) is 0 Å². The molecule has 19 heavy (non-hydrogen) atoms. The average Bonchev–Trinajstić information content (AvgIpc) is 2.98. The van der Waals surface area contributed by atoms with Crippen molar-refractivity contribution in [2.24, 2.45) is 5.92 Å². The minimum absolute atomic E-state index is 0.0361. The summed E-state index contributed by atoms with van der Waals surface area (Å²) in [6, 6.07) is -0.300. The van der Waals surface area contributed by atoms with E-state index < -0.39 is 0 Å². The summed E-state index contributed by atoms with van der Waals surface area (Å²) in [6.07, 6.45) is 5.52. The molecule has 2 saturated heterocycles. The first-order valence-corrected chi connectivity index (χ1v) is 7.44. The number of aliphatic hydroxyl groups is 1. The Morgan fingerprint density at radius 2 is 1.63 bits per heavy atom.